The number of fused-ring (bicyclic) bond motifs is 1. The molecule has 0 fully saturated rings. The predicted molar refractivity (Wildman–Crippen MR) is 77.9 cm³/mol. The molecule has 0 aliphatic heterocycles. The van der Waals surface area contributed by atoms with Gasteiger partial charge in [-0.15, -0.1) is 22.9 Å². The molecule has 2 nitrogen and oxygen atoms in total. The van der Waals surface area contributed by atoms with E-state index in [2.05, 4.69) is 6.07 Å². The van der Waals surface area contributed by atoms with Crippen molar-refractivity contribution in [2.45, 2.75) is 45.1 Å². The highest BCUT2D eigenvalue weighted by Gasteiger charge is 2.21. The summed E-state index contributed by atoms with van der Waals surface area (Å²) in [6.45, 7) is 1.98. The van der Waals surface area contributed by atoms with Crippen LogP contribution in [0.15, 0.2) is 6.07 Å². The van der Waals surface area contributed by atoms with Gasteiger partial charge >= 0.3 is 0 Å². The number of nitrogens with zero attached hydrogens (tertiary/aromatic N) is 1. The first-order chi connectivity index (χ1) is 8.63. The zero-order valence-corrected chi connectivity index (χ0v) is 12.6. The van der Waals surface area contributed by atoms with E-state index in [1.54, 1.807) is 16.2 Å². The van der Waals surface area contributed by atoms with Crippen molar-refractivity contribution in [2.24, 2.45) is 0 Å². The summed E-state index contributed by atoms with van der Waals surface area (Å²) in [4.78, 5) is 16.4. The van der Waals surface area contributed by atoms with E-state index in [-0.39, 0.29) is 11.9 Å². The Hall–Kier alpha value is -0.540. The van der Waals surface area contributed by atoms with E-state index in [4.69, 9.17) is 11.6 Å². The first kappa shape index (κ1) is 13.9. The van der Waals surface area contributed by atoms with Crippen LogP contribution in [0.4, 0.5) is 0 Å². The van der Waals surface area contributed by atoms with Crippen LogP contribution in [0.1, 0.15) is 46.3 Å². The van der Waals surface area contributed by atoms with Gasteiger partial charge in [-0.05, 0) is 44.2 Å². The highest BCUT2D eigenvalue weighted by Crippen LogP contribution is 2.29. The van der Waals surface area contributed by atoms with Crippen LogP contribution in [0, 0.1) is 0 Å². The number of carbonyl (C=O) groups excluding carboxylic acids is 1. The third kappa shape index (κ3) is 2.89. The van der Waals surface area contributed by atoms with Gasteiger partial charge in [0.1, 0.15) is 0 Å². The number of carbonyl (C=O) groups is 1. The number of hydrogen-bond acceptors (Lipinski definition) is 2. The van der Waals surface area contributed by atoms with Gasteiger partial charge in [0.05, 0.1) is 4.88 Å². The minimum absolute atomic E-state index is 0.0843. The normalized spacial score (nSPS) is 16.8. The smallest absolute Gasteiger partial charge is 0.263 e. The minimum atomic E-state index is 0.0843. The molecule has 1 unspecified atom stereocenters. The first-order valence-corrected chi connectivity index (χ1v) is 7.93. The second-order valence-corrected chi connectivity index (χ2v) is 6.48. The molecule has 0 saturated heterocycles. The van der Waals surface area contributed by atoms with Crippen LogP contribution in [0.3, 0.4) is 0 Å². The van der Waals surface area contributed by atoms with Crippen LogP contribution >= 0.6 is 22.9 Å². The lowest BCUT2D eigenvalue weighted by Crippen LogP contribution is -2.35. The summed E-state index contributed by atoms with van der Waals surface area (Å²) in [5.41, 5.74) is 1.40. The highest BCUT2D eigenvalue weighted by molar-refractivity contribution is 7.14. The van der Waals surface area contributed by atoms with E-state index >= 15 is 0 Å². The largest absolute Gasteiger partial charge is 0.337 e. The number of alkyl halides is 1. The zero-order valence-electron chi connectivity index (χ0n) is 11.0. The van der Waals surface area contributed by atoms with Gasteiger partial charge < -0.3 is 4.90 Å². The predicted octanol–water partition coefficient (Wildman–Crippen LogP) is 3.72. The Labute approximate surface area is 118 Å². The number of rotatable bonds is 3. The van der Waals surface area contributed by atoms with Gasteiger partial charge in [0.2, 0.25) is 0 Å². The average molecular weight is 286 g/mol. The van der Waals surface area contributed by atoms with Crippen LogP contribution in [0.25, 0.3) is 0 Å². The molecule has 1 aromatic heterocycles. The van der Waals surface area contributed by atoms with E-state index in [0.717, 1.165) is 17.7 Å². The highest BCUT2D eigenvalue weighted by atomic mass is 35.5. The van der Waals surface area contributed by atoms with Gasteiger partial charge in [0, 0.05) is 23.8 Å². The van der Waals surface area contributed by atoms with Crippen molar-refractivity contribution in [1.29, 1.82) is 0 Å². The minimum Gasteiger partial charge on any atom is -0.337 e. The topological polar surface area (TPSA) is 20.3 Å². The van der Waals surface area contributed by atoms with Gasteiger partial charge in [-0.1, -0.05) is 6.42 Å². The summed E-state index contributed by atoms with van der Waals surface area (Å²) in [7, 11) is 1.83. The van der Waals surface area contributed by atoms with Crippen molar-refractivity contribution >= 4 is 28.8 Å². The van der Waals surface area contributed by atoms with Gasteiger partial charge in [0.15, 0.2) is 0 Å². The summed E-state index contributed by atoms with van der Waals surface area (Å²) in [6.07, 6.45) is 6.10. The van der Waals surface area contributed by atoms with E-state index in [1.165, 1.54) is 29.7 Å². The molecule has 18 heavy (non-hydrogen) atoms. The molecule has 0 radical (unpaired) electrons. The third-order valence-electron chi connectivity index (χ3n) is 3.66. The van der Waals surface area contributed by atoms with Crippen LogP contribution in [0.2, 0.25) is 0 Å². The van der Waals surface area contributed by atoms with Crippen molar-refractivity contribution in [3.63, 3.8) is 0 Å². The second kappa shape index (κ2) is 6.07. The molecule has 0 bridgehead atoms. The Morgan fingerprint density at radius 3 is 2.89 bits per heavy atom. The van der Waals surface area contributed by atoms with Gasteiger partial charge in [-0.3, -0.25) is 4.79 Å². The van der Waals surface area contributed by atoms with Gasteiger partial charge in [-0.2, -0.15) is 0 Å². The van der Waals surface area contributed by atoms with Crippen molar-refractivity contribution in [2.75, 3.05) is 12.9 Å². The number of aryl methyl sites for hydroxylation is 2. The maximum atomic E-state index is 12.3. The molecule has 0 spiro atoms. The Morgan fingerprint density at radius 2 is 2.17 bits per heavy atom. The third-order valence-corrected chi connectivity index (χ3v) is 5.33. The molecule has 2 rings (SSSR count). The SMILES string of the molecule is CC(CCl)N(C)C(=O)c1cc2c(s1)CCCCC2. The molecule has 4 heteroatoms. The molecule has 1 amide bonds. The average Bonchev–Trinajstić information content (AvgIpc) is 2.67. The Bertz CT molecular complexity index is 406. The number of thiophene rings is 1. The van der Waals surface area contributed by atoms with Crippen LogP contribution < -0.4 is 0 Å². The van der Waals surface area contributed by atoms with Crippen LogP contribution in [-0.2, 0) is 12.8 Å². The standard InChI is InChI=1S/C14H20ClNOS/c1-10(9-15)16(2)14(17)13-8-11-6-4-3-5-7-12(11)18-13/h8,10H,3-7,9H2,1-2H3. The lowest BCUT2D eigenvalue weighted by Gasteiger charge is -2.22. The molecule has 100 valence electrons. The molecule has 0 saturated carbocycles. The van der Waals surface area contributed by atoms with Crippen molar-refractivity contribution in [3.8, 4) is 0 Å². The summed E-state index contributed by atoms with van der Waals surface area (Å²) >= 11 is 7.49. The fraction of sp³-hybridized carbons (Fsp3) is 0.643. The van der Waals surface area contributed by atoms with Gasteiger partial charge in [0.25, 0.3) is 5.91 Å². The lowest BCUT2D eigenvalue weighted by molar-refractivity contribution is 0.0761. The molecule has 1 aliphatic rings. The van der Waals surface area contributed by atoms with Gasteiger partial charge in [-0.25, -0.2) is 0 Å². The number of halogens is 1. The molecular formula is C14H20ClNOS. The van der Waals surface area contributed by atoms with E-state index in [9.17, 15) is 4.79 Å². The van der Waals surface area contributed by atoms with Crippen LogP contribution in [-0.4, -0.2) is 29.8 Å². The van der Waals surface area contributed by atoms with E-state index in [0.29, 0.717) is 5.88 Å². The number of amides is 1. The molecule has 0 N–H and O–H groups in total. The molecule has 0 aromatic carbocycles. The molecule has 1 aromatic rings. The summed E-state index contributed by atoms with van der Waals surface area (Å²) < 4.78 is 0. The van der Waals surface area contributed by atoms with Crippen molar-refractivity contribution in [3.05, 3.63) is 21.4 Å². The Kier molecular flexibility index (Phi) is 4.68. The number of hydrogen-bond donors (Lipinski definition) is 0. The van der Waals surface area contributed by atoms with E-state index < -0.39 is 0 Å². The molecule has 1 atom stereocenters. The Morgan fingerprint density at radius 1 is 1.44 bits per heavy atom. The second-order valence-electron chi connectivity index (χ2n) is 5.04. The van der Waals surface area contributed by atoms with E-state index in [1.807, 2.05) is 14.0 Å². The fourth-order valence-corrected chi connectivity index (χ4v) is 3.69. The van der Waals surface area contributed by atoms with Crippen molar-refractivity contribution < 1.29 is 4.79 Å². The van der Waals surface area contributed by atoms with Crippen molar-refractivity contribution in [1.82, 2.24) is 4.90 Å². The fourth-order valence-electron chi connectivity index (χ4n) is 2.25. The summed E-state index contributed by atoms with van der Waals surface area (Å²) in [5, 5.41) is 0. The summed E-state index contributed by atoms with van der Waals surface area (Å²) in [6, 6.07) is 2.19. The summed E-state index contributed by atoms with van der Waals surface area (Å²) in [5.74, 6) is 0.592. The molecule has 1 heterocycles. The maximum absolute atomic E-state index is 12.3. The zero-order chi connectivity index (χ0) is 13.1. The molecular weight excluding hydrogens is 266 g/mol. The monoisotopic (exact) mass is 285 g/mol. The van der Waals surface area contributed by atoms with Crippen LogP contribution in [0.5, 0.6) is 0 Å². The Balaban J connectivity index is 2.16. The first-order valence-electron chi connectivity index (χ1n) is 6.58. The quantitative estimate of drug-likeness (QED) is 0.612. The lowest BCUT2D eigenvalue weighted by atomic mass is 10.1. The molecule has 1 aliphatic carbocycles. The maximum Gasteiger partial charge on any atom is 0.263 e.